The second-order valence-corrected chi connectivity index (χ2v) is 10.2. The first-order valence-electron chi connectivity index (χ1n) is 10.8. The van der Waals surface area contributed by atoms with Crippen molar-refractivity contribution in [2.24, 2.45) is 16.2 Å². The van der Waals surface area contributed by atoms with E-state index in [2.05, 4.69) is 41.5 Å². The molecule has 0 heterocycles. The maximum Gasteiger partial charge on any atom is 0.306 e. The van der Waals surface area contributed by atoms with Crippen LogP contribution >= 0.6 is 0 Å². The van der Waals surface area contributed by atoms with Gasteiger partial charge in [-0.1, -0.05) is 74.1 Å². The number of carbonyl (C=O) groups excluding carboxylic acids is 2. The summed E-state index contributed by atoms with van der Waals surface area (Å²) in [7, 11) is 0. The first-order chi connectivity index (χ1) is 12.9. The minimum atomic E-state index is -0.785. The fraction of sp³-hybridized carbons (Fsp3) is 0.913. The quantitative estimate of drug-likeness (QED) is 0.378. The molecular weight excluding hydrogens is 356 g/mol. The van der Waals surface area contributed by atoms with E-state index in [1.165, 1.54) is 0 Å². The van der Waals surface area contributed by atoms with E-state index in [9.17, 15) is 14.7 Å². The number of ether oxygens (including phenoxy) is 2. The maximum absolute atomic E-state index is 12.2. The van der Waals surface area contributed by atoms with Crippen molar-refractivity contribution in [3.05, 3.63) is 0 Å². The highest BCUT2D eigenvalue weighted by Gasteiger charge is 2.30. The largest absolute Gasteiger partial charge is 0.465 e. The van der Waals surface area contributed by atoms with Gasteiger partial charge in [0.05, 0.1) is 24.9 Å². The van der Waals surface area contributed by atoms with E-state index in [4.69, 9.17) is 9.47 Å². The molecule has 0 bridgehead atoms. The van der Waals surface area contributed by atoms with Gasteiger partial charge in [0, 0.05) is 0 Å². The Morgan fingerprint density at radius 2 is 1.11 bits per heavy atom. The fourth-order valence-electron chi connectivity index (χ4n) is 3.01. The van der Waals surface area contributed by atoms with Crippen LogP contribution in [0, 0.1) is 16.2 Å². The van der Waals surface area contributed by atoms with E-state index in [1.807, 2.05) is 0 Å². The highest BCUT2D eigenvalue weighted by Crippen LogP contribution is 2.30. The summed E-state index contributed by atoms with van der Waals surface area (Å²) < 4.78 is 10.8. The van der Waals surface area contributed by atoms with Gasteiger partial charge in [-0.2, -0.15) is 0 Å². The molecule has 5 nitrogen and oxygen atoms in total. The third kappa shape index (κ3) is 12.4. The minimum Gasteiger partial charge on any atom is -0.465 e. The van der Waals surface area contributed by atoms with E-state index < -0.39 is 5.41 Å². The Kier molecular flexibility index (Phi) is 12.0. The Morgan fingerprint density at radius 1 is 0.750 bits per heavy atom. The van der Waals surface area contributed by atoms with Crippen molar-refractivity contribution in [1.29, 1.82) is 0 Å². The van der Waals surface area contributed by atoms with Crippen LogP contribution in [0.4, 0.5) is 0 Å². The molecule has 5 heteroatoms. The fourth-order valence-corrected chi connectivity index (χ4v) is 3.01. The lowest BCUT2D eigenvalue weighted by Gasteiger charge is -2.29. The van der Waals surface area contributed by atoms with Gasteiger partial charge in [-0.3, -0.25) is 9.59 Å². The molecular formula is C23H44O5. The summed E-state index contributed by atoms with van der Waals surface area (Å²) in [4.78, 5) is 24.4. The standard InChI is InChI=1S/C23H44O5/c1-8-10-12-21(3,4)14-19(25)27-17-23(7,16-24)18-28-20(26)15-22(5,6)13-11-9-2/h24H,8-18H2,1-7H3. The second kappa shape index (κ2) is 12.5. The van der Waals surface area contributed by atoms with Gasteiger partial charge in [0.2, 0.25) is 0 Å². The molecule has 0 aliphatic heterocycles. The first kappa shape index (κ1) is 26.9. The normalized spacial score (nSPS) is 12.7. The van der Waals surface area contributed by atoms with Gasteiger partial charge in [-0.15, -0.1) is 0 Å². The van der Waals surface area contributed by atoms with Crippen LogP contribution in [0.1, 0.15) is 99.8 Å². The van der Waals surface area contributed by atoms with Crippen molar-refractivity contribution >= 4 is 11.9 Å². The van der Waals surface area contributed by atoms with E-state index in [0.29, 0.717) is 12.8 Å². The van der Waals surface area contributed by atoms with Crippen molar-refractivity contribution in [2.75, 3.05) is 19.8 Å². The zero-order valence-electron chi connectivity index (χ0n) is 19.4. The summed E-state index contributed by atoms with van der Waals surface area (Å²) in [6.45, 7) is 14.2. The van der Waals surface area contributed by atoms with Crippen molar-refractivity contribution in [3.8, 4) is 0 Å². The third-order valence-corrected chi connectivity index (χ3v) is 5.20. The minimum absolute atomic E-state index is 0.0404. The Morgan fingerprint density at radius 3 is 1.39 bits per heavy atom. The van der Waals surface area contributed by atoms with Crippen LogP contribution in [0.2, 0.25) is 0 Å². The van der Waals surface area contributed by atoms with Crippen molar-refractivity contribution in [1.82, 2.24) is 0 Å². The monoisotopic (exact) mass is 400 g/mol. The van der Waals surface area contributed by atoms with Gasteiger partial charge >= 0.3 is 11.9 Å². The highest BCUT2D eigenvalue weighted by atomic mass is 16.5. The van der Waals surface area contributed by atoms with Crippen LogP contribution in [-0.4, -0.2) is 36.9 Å². The van der Waals surface area contributed by atoms with Gasteiger partial charge in [0.1, 0.15) is 13.2 Å². The Bertz CT molecular complexity index is 430. The lowest BCUT2D eigenvalue weighted by molar-refractivity contribution is -0.157. The van der Waals surface area contributed by atoms with Gasteiger partial charge in [0.15, 0.2) is 0 Å². The number of carbonyl (C=O) groups is 2. The van der Waals surface area contributed by atoms with Gasteiger partial charge in [-0.05, 0) is 23.7 Å². The third-order valence-electron chi connectivity index (χ3n) is 5.20. The Hall–Kier alpha value is -1.10. The predicted molar refractivity (Wildman–Crippen MR) is 113 cm³/mol. The van der Waals surface area contributed by atoms with Gasteiger partial charge in [-0.25, -0.2) is 0 Å². The molecule has 0 saturated heterocycles. The predicted octanol–water partition coefficient (Wildman–Crippen LogP) is 5.28. The molecule has 0 rings (SSSR count). The topological polar surface area (TPSA) is 72.8 Å². The molecule has 0 amide bonds. The van der Waals surface area contributed by atoms with E-state index in [-0.39, 0.29) is 42.6 Å². The number of esters is 2. The van der Waals surface area contributed by atoms with Crippen LogP contribution in [0.5, 0.6) is 0 Å². The summed E-state index contributed by atoms with van der Waals surface area (Å²) in [6.07, 6.45) is 7.00. The zero-order valence-corrected chi connectivity index (χ0v) is 19.4. The van der Waals surface area contributed by atoms with E-state index in [1.54, 1.807) is 6.92 Å². The average Bonchev–Trinajstić information content (AvgIpc) is 2.61. The molecule has 0 aliphatic carbocycles. The average molecular weight is 401 g/mol. The number of rotatable bonds is 15. The molecule has 0 aliphatic rings. The van der Waals surface area contributed by atoms with Crippen LogP contribution in [0.15, 0.2) is 0 Å². The summed E-state index contributed by atoms with van der Waals surface area (Å²) >= 11 is 0. The van der Waals surface area contributed by atoms with E-state index >= 15 is 0 Å². The molecule has 0 aromatic carbocycles. The summed E-state index contributed by atoms with van der Waals surface area (Å²) in [5, 5.41) is 9.73. The lowest BCUT2D eigenvalue weighted by Crippen LogP contribution is -2.36. The van der Waals surface area contributed by atoms with Crippen molar-refractivity contribution in [3.63, 3.8) is 0 Å². The molecule has 0 radical (unpaired) electrons. The van der Waals surface area contributed by atoms with Gasteiger partial charge in [0.25, 0.3) is 0 Å². The van der Waals surface area contributed by atoms with Crippen molar-refractivity contribution < 1.29 is 24.2 Å². The number of aliphatic hydroxyl groups is 1. The second-order valence-electron chi connectivity index (χ2n) is 10.2. The van der Waals surface area contributed by atoms with Crippen LogP contribution in [0.3, 0.4) is 0 Å². The van der Waals surface area contributed by atoms with Gasteiger partial charge < -0.3 is 14.6 Å². The molecule has 166 valence electrons. The SMILES string of the molecule is CCCCC(C)(C)CC(=O)OCC(C)(CO)COC(=O)CC(C)(C)CCCC. The highest BCUT2D eigenvalue weighted by molar-refractivity contribution is 5.70. The zero-order chi connectivity index (χ0) is 21.8. The number of hydrogen-bond donors (Lipinski definition) is 1. The summed E-state index contributed by atoms with van der Waals surface area (Å²) in [5.41, 5.74) is -0.981. The Balaban J connectivity index is 4.47. The molecule has 28 heavy (non-hydrogen) atoms. The maximum atomic E-state index is 12.2. The first-order valence-corrected chi connectivity index (χ1v) is 10.8. The summed E-state index contributed by atoms with van der Waals surface area (Å²) in [6, 6.07) is 0. The molecule has 1 N–H and O–H groups in total. The lowest BCUT2D eigenvalue weighted by atomic mass is 9.84. The molecule has 0 spiro atoms. The smallest absolute Gasteiger partial charge is 0.306 e. The number of hydrogen-bond acceptors (Lipinski definition) is 5. The molecule has 0 aromatic heterocycles. The van der Waals surface area contributed by atoms with E-state index in [0.717, 1.165) is 38.5 Å². The molecule has 0 aromatic rings. The molecule has 0 unspecified atom stereocenters. The molecule has 0 atom stereocenters. The van der Waals surface area contributed by atoms with Crippen LogP contribution in [-0.2, 0) is 19.1 Å². The molecule has 0 fully saturated rings. The Labute approximate surface area is 172 Å². The van der Waals surface area contributed by atoms with Crippen LogP contribution in [0.25, 0.3) is 0 Å². The summed E-state index contributed by atoms with van der Waals surface area (Å²) in [5.74, 6) is -0.541. The van der Waals surface area contributed by atoms with Crippen molar-refractivity contribution in [2.45, 2.75) is 99.8 Å². The number of aliphatic hydroxyl groups excluding tert-OH is 1. The number of unbranched alkanes of at least 4 members (excludes halogenated alkanes) is 2. The van der Waals surface area contributed by atoms with Crippen LogP contribution < -0.4 is 0 Å². The molecule has 0 saturated carbocycles.